The number of benzene rings is 1. The highest BCUT2D eigenvalue weighted by Gasteiger charge is 2.51. The van der Waals surface area contributed by atoms with E-state index in [0.717, 1.165) is 6.92 Å². The maximum atomic E-state index is 13.6. The van der Waals surface area contributed by atoms with Crippen LogP contribution in [0.4, 0.5) is 18.9 Å². The van der Waals surface area contributed by atoms with E-state index in [-0.39, 0.29) is 41.7 Å². The van der Waals surface area contributed by atoms with Crippen molar-refractivity contribution in [2.24, 2.45) is 0 Å². The number of aliphatic hydroxyl groups is 2. The maximum absolute atomic E-state index is 13.6. The highest BCUT2D eigenvalue weighted by Crippen LogP contribution is 2.39. The van der Waals surface area contributed by atoms with Crippen LogP contribution in [0.1, 0.15) is 31.7 Å². The predicted molar refractivity (Wildman–Crippen MR) is 148 cm³/mol. The predicted octanol–water partition coefficient (Wildman–Crippen LogP) is 2.71. The molecule has 0 spiro atoms. The fourth-order valence-corrected chi connectivity index (χ4v) is 8.15. The number of rotatable bonds is 6. The van der Waals surface area contributed by atoms with Gasteiger partial charge in [0, 0.05) is 55.2 Å². The summed E-state index contributed by atoms with van der Waals surface area (Å²) in [5.41, 5.74) is -2.63. The molecule has 3 heterocycles. The summed E-state index contributed by atoms with van der Waals surface area (Å²) in [5.74, 6) is 0. The van der Waals surface area contributed by atoms with Crippen molar-refractivity contribution in [3.63, 3.8) is 0 Å². The van der Waals surface area contributed by atoms with Crippen LogP contribution < -0.4 is 4.90 Å². The van der Waals surface area contributed by atoms with E-state index >= 15 is 0 Å². The van der Waals surface area contributed by atoms with Gasteiger partial charge < -0.3 is 19.8 Å². The van der Waals surface area contributed by atoms with Crippen LogP contribution in [-0.2, 0) is 20.4 Å². The van der Waals surface area contributed by atoms with Crippen molar-refractivity contribution >= 4 is 32.8 Å². The number of thiocarbonyl (C=S) groups is 1. The van der Waals surface area contributed by atoms with Gasteiger partial charge in [0.1, 0.15) is 0 Å². The second kappa shape index (κ2) is 11.1. The van der Waals surface area contributed by atoms with Gasteiger partial charge in [-0.15, -0.1) is 0 Å². The first kappa shape index (κ1) is 29.6. The number of fused-ring (bicyclic) bond motifs is 2. The number of ether oxygens (including phenoxy) is 1. The van der Waals surface area contributed by atoms with Crippen LogP contribution in [0.25, 0.3) is 0 Å². The number of hydrogen-bond acceptors (Lipinski definition) is 8. The lowest BCUT2D eigenvalue weighted by Gasteiger charge is -2.51. The maximum Gasteiger partial charge on any atom is 0.421 e. The molecular formula is C27H34F3N3O5S2. The van der Waals surface area contributed by atoms with Crippen molar-refractivity contribution in [3.05, 3.63) is 53.0 Å². The van der Waals surface area contributed by atoms with Crippen LogP contribution in [-0.4, -0.2) is 102 Å². The van der Waals surface area contributed by atoms with Gasteiger partial charge in [-0.05, 0) is 43.5 Å². The molecular weight excluding hydrogens is 567 g/mol. The fourth-order valence-electron chi connectivity index (χ4n) is 6.08. The molecule has 1 aliphatic carbocycles. The van der Waals surface area contributed by atoms with Gasteiger partial charge in [-0.3, -0.25) is 4.90 Å². The highest BCUT2D eigenvalue weighted by molar-refractivity contribution is 7.96. The Kier molecular flexibility index (Phi) is 8.21. The summed E-state index contributed by atoms with van der Waals surface area (Å²) in [6.07, 6.45) is 1.27. The molecule has 0 amide bonds. The molecule has 13 heteroatoms. The smallest absolute Gasteiger partial charge is 0.393 e. The highest BCUT2D eigenvalue weighted by atomic mass is 32.2. The van der Waals surface area contributed by atoms with Gasteiger partial charge in [0.25, 0.3) is 0 Å². The number of piperazine rings is 1. The third-order valence-corrected chi connectivity index (χ3v) is 10.9. The van der Waals surface area contributed by atoms with Gasteiger partial charge >= 0.3 is 6.18 Å². The zero-order valence-electron chi connectivity index (χ0n) is 22.1. The summed E-state index contributed by atoms with van der Waals surface area (Å²) in [4.78, 5) is 4.79. The van der Waals surface area contributed by atoms with E-state index in [2.05, 4.69) is 4.90 Å². The van der Waals surface area contributed by atoms with Crippen LogP contribution in [0.5, 0.6) is 0 Å². The first-order chi connectivity index (χ1) is 18.8. The number of hydrogen-bond donors (Lipinski definition) is 2. The van der Waals surface area contributed by atoms with E-state index in [1.165, 1.54) is 22.5 Å². The van der Waals surface area contributed by atoms with E-state index in [4.69, 9.17) is 17.0 Å². The van der Waals surface area contributed by atoms with Crippen molar-refractivity contribution in [1.82, 2.24) is 9.21 Å². The Morgan fingerprint density at radius 3 is 2.35 bits per heavy atom. The van der Waals surface area contributed by atoms with Crippen LogP contribution in [0.3, 0.4) is 0 Å². The van der Waals surface area contributed by atoms with Gasteiger partial charge in [0.15, 0.2) is 5.60 Å². The van der Waals surface area contributed by atoms with Gasteiger partial charge in [0.05, 0.1) is 30.3 Å². The number of alkyl halides is 3. The molecule has 220 valence electrons. The molecule has 3 fully saturated rings. The molecule has 0 saturated carbocycles. The Labute approximate surface area is 237 Å². The Morgan fingerprint density at radius 2 is 1.75 bits per heavy atom. The summed E-state index contributed by atoms with van der Waals surface area (Å²) in [6, 6.07) is 5.25. The zero-order chi connectivity index (χ0) is 28.9. The largest absolute Gasteiger partial charge is 0.421 e. The normalized spacial score (nSPS) is 30.2. The van der Waals surface area contributed by atoms with Gasteiger partial charge in [-0.2, -0.15) is 17.5 Å². The molecule has 2 bridgehead atoms. The number of allylic oxidation sites excluding steroid dienone is 4. The lowest BCUT2D eigenvalue weighted by molar-refractivity contribution is -0.258. The van der Waals surface area contributed by atoms with E-state index in [1.54, 1.807) is 18.2 Å². The Hall–Kier alpha value is -1.87. The third-order valence-electron chi connectivity index (χ3n) is 8.41. The van der Waals surface area contributed by atoms with Crippen molar-refractivity contribution in [2.75, 3.05) is 44.3 Å². The first-order valence-electron chi connectivity index (χ1n) is 13.4. The van der Waals surface area contributed by atoms with Crippen LogP contribution in [0, 0.1) is 0 Å². The second-order valence-corrected chi connectivity index (χ2v) is 13.5. The van der Waals surface area contributed by atoms with E-state index in [0.29, 0.717) is 56.1 Å². The fraction of sp³-hybridized carbons (Fsp3) is 0.593. The third kappa shape index (κ3) is 5.61. The van der Waals surface area contributed by atoms with Crippen molar-refractivity contribution in [2.45, 2.75) is 62.2 Å². The van der Waals surface area contributed by atoms with E-state index in [1.807, 2.05) is 11.0 Å². The molecule has 0 aromatic heterocycles. The van der Waals surface area contributed by atoms with Crippen molar-refractivity contribution < 1.29 is 36.5 Å². The molecule has 8 nitrogen and oxygen atoms in total. The molecule has 1 aromatic rings. The lowest BCUT2D eigenvalue weighted by Crippen LogP contribution is -2.64. The number of halogens is 3. The molecule has 2 N–H and O–H groups in total. The number of anilines is 1. The molecule has 3 saturated heterocycles. The van der Waals surface area contributed by atoms with E-state index in [9.17, 15) is 31.8 Å². The van der Waals surface area contributed by atoms with Crippen LogP contribution in [0.2, 0.25) is 0 Å². The summed E-state index contributed by atoms with van der Waals surface area (Å²) < 4.78 is 74.7. The van der Waals surface area contributed by atoms with E-state index < -0.39 is 27.9 Å². The lowest BCUT2D eigenvalue weighted by atomic mass is 9.91. The zero-order valence-corrected chi connectivity index (χ0v) is 23.8. The molecule has 0 radical (unpaired) electrons. The summed E-state index contributed by atoms with van der Waals surface area (Å²) in [5, 5.41) is 20.4. The first-order valence-corrected chi connectivity index (χ1v) is 15.2. The summed E-state index contributed by atoms with van der Waals surface area (Å²) in [7, 11) is -3.85. The molecule has 40 heavy (non-hydrogen) atoms. The molecule has 4 atom stereocenters. The minimum absolute atomic E-state index is 0.0145. The SMILES string of the molecule is CC(O)(c1ccc(N2CCN(S(=O)(=O)C3=CC=CCC3=S)C[C@@H]2CN2C3COCC2CC(O)C3)cc1)C(F)(F)F. The minimum atomic E-state index is -4.83. The topological polar surface area (TPSA) is 93.6 Å². The Morgan fingerprint density at radius 1 is 1.10 bits per heavy atom. The molecule has 3 aliphatic heterocycles. The van der Waals surface area contributed by atoms with Gasteiger partial charge in [0.2, 0.25) is 10.0 Å². The number of piperidine rings is 1. The number of nitrogens with zero attached hydrogens (tertiary/aromatic N) is 3. The Balaban J connectivity index is 1.44. The van der Waals surface area contributed by atoms with Crippen LogP contribution >= 0.6 is 12.2 Å². The summed E-state index contributed by atoms with van der Waals surface area (Å²) >= 11 is 5.36. The van der Waals surface area contributed by atoms with Crippen LogP contribution in [0.15, 0.2) is 47.4 Å². The van der Waals surface area contributed by atoms with Crippen molar-refractivity contribution in [3.8, 4) is 0 Å². The molecule has 3 unspecified atom stereocenters. The number of aliphatic hydroxyl groups excluding tert-OH is 1. The second-order valence-electron chi connectivity index (χ2n) is 11.1. The van der Waals surface area contributed by atoms with Crippen molar-refractivity contribution in [1.29, 1.82) is 0 Å². The molecule has 5 rings (SSSR count). The molecule has 1 aromatic carbocycles. The average molecular weight is 602 g/mol. The average Bonchev–Trinajstić information content (AvgIpc) is 2.89. The summed E-state index contributed by atoms with van der Waals surface area (Å²) in [6.45, 7) is 2.81. The number of morpholine rings is 1. The minimum Gasteiger partial charge on any atom is -0.393 e. The van der Waals surface area contributed by atoms with Gasteiger partial charge in [-0.25, -0.2) is 8.42 Å². The quantitative estimate of drug-likeness (QED) is 0.481. The number of sulfonamides is 1. The molecule has 4 aliphatic rings. The standard InChI is InChI=1S/C27H34F3N3O5S2/c1-26(35,27(28,29)30)18-6-8-19(9-7-18)32-11-10-31(40(36,37)25-5-3-2-4-24(25)39)14-22(32)15-33-20-12-23(34)13-21(33)17-38-16-20/h2-3,5-9,20-23,34-35H,4,10-17H2,1H3/t20?,21?,22-,23?,26?/m1/s1. The van der Waals surface area contributed by atoms with Gasteiger partial charge in [-0.1, -0.05) is 36.5 Å². The Bertz CT molecular complexity index is 1270. The monoisotopic (exact) mass is 601 g/mol.